The number of thioether (sulfide) groups is 1. The zero-order valence-corrected chi connectivity index (χ0v) is 11.6. The van der Waals surface area contributed by atoms with Crippen LogP contribution in [0.5, 0.6) is 0 Å². The molecule has 2 unspecified atom stereocenters. The van der Waals surface area contributed by atoms with Gasteiger partial charge in [0.05, 0.1) is 9.59 Å². The normalized spacial score (nSPS) is 14.5. The molecule has 0 radical (unpaired) electrons. The molecule has 2 heterocycles. The Hall–Kier alpha value is -0.620. The third kappa shape index (κ3) is 3.42. The summed E-state index contributed by atoms with van der Waals surface area (Å²) in [4.78, 5) is 9.28. The van der Waals surface area contributed by atoms with E-state index < -0.39 is 0 Å². The van der Waals surface area contributed by atoms with Gasteiger partial charge in [-0.15, -0.1) is 11.3 Å². The summed E-state index contributed by atoms with van der Waals surface area (Å²) in [6.07, 6.45) is 3.27. The summed E-state index contributed by atoms with van der Waals surface area (Å²) in [7, 11) is 0. The van der Waals surface area contributed by atoms with Gasteiger partial charge in [0.1, 0.15) is 11.4 Å². The first kappa shape index (κ1) is 12.8. The van der Waals surface area contributed by atoms with Crippen molar-refractivity contribution in [2.45, 2.75) is 23.2 Å². The molecule has 2 rings (SSSR count). The van der Waals surface area contributed by atoms with E-state index in [1.807, 2.05) is 25.1 Å². The highest BCUT2D eigenvalue weighted by molar-refractivity contribution is 7.99. The number of hydrogen-bond acceptors (Lipinski definition) is 5. The fourth-order valence-electron chi connectivity index (χ4n) is 1.38. The smallest absolute Gasteiger partial charge is 0.116 e. The molecule has 0 spiro atoms. The Morgan fingerprint density at radius 1 is 1.41 bits per heavy atom. The van der Waals surface area contributed by atoms with Gasteiger partial charge in [-0.1, -0.05) is 23.4 Å². The monoisotopic (exact) mass is 285 g/mol. The molecule has 2 N–H and O–H groups in total. The number of hydrogen-bond donors (Lipinski definition) is 1. The summed E-state index contributed by atoms with van der Waals surface area (Å²) < 4.78 is 0.786. The van der Waals surface area contributed by atoms with Gasteiger partial charge in [-0.2, -0.15) is 0 Å². The predicted octanol–water partition coefficient (Wildman–Crippen LogP) is 3.37. The van der Waals surface area contributed by atoms with E-state index in [1.165, 1.54) is 4.88 Å². The molecule has 2 atom stereocenters. The van der Waals surface area contributed by atoms with E-state index in [4.69, 9.17) is 17.3 Å². The van der Waals surface area contributed by atoms with Gasteiger partial charge in [0.15, 0.2) is 0 Å². The van der Waals surface area contributed by atoms with Gasteiger partial charge >= 0.3 is 0 Å². The SMILES string of the molecule is CC(N)C(Sc1ccncn1)c1ccc(Cl)s1. The highest BCUT2D eigenvalue weighted by Gasteiger charge is 2.20. The maximum Gasteiger partial charge on any atom is 0.116 e. The summed E-state index contributed by atoms with van der Waals surface area (Å²) in [6.45, 7) is 1.99. The van der Waals surface area contributed by atoms with Crippen LogP contribution in [0, 0.1) is 0 Å². The lowest BCUT2D eigenvalue weighted by Crippen LogP contribution is -2.21. The summed E-state index contributed by atoms with van der Waals surface area (Å²) in [5.41, 5.74) is 6.03. The Kier molecular flexibility index (Phi) is 4.39. The molecule has 0 saturated carbocycles. The van der Waals surface area contributed by atoms with Crippen LogP contribution in [-0.2, 0) is 0 Å². The third-order valence-electron chi connectivity index (χ3n) is 2.15. The van der Waals surface area contributed by atoms with Crippen molar-refractivity contribution < 1.29 is 0 Å². The van der Waals surface area contributed by atoms with E-state index in [0.29, 0.717) is 0 Å². The topological polar surface area (TPSA) is 51.8 Å². The second-order valence-electron chi connectivity index (χ2n) is 3.59. The van der Waals surface area contributed by atoms with E-state index in [9.17, 15) is 0 Å². The summed E-state index contributed by atoms with van der Waals surface area (Å²) in [5.74, 6) is 0. The zero-order valence-electron chi connectivity index (χ0n) is 9.21. The van der Waals surface area contributed by atoms with Crippen LogP contribution < -0.4 is 5.73 Å². The lowest BCUT2D eigenvalue weighted by Gasteiger charge is -2.18. The Morgan fingerprint density at radius 3 is 2.76 bits per heavy atom. The number of nitrogens with zero attached hydrogens (tertiary/aromatic N) is 2. The van der Waals surface area contributed by atoms with Crippen molar-refractivity contribution in [3.63, 3.8) is 0 Å². The Bertz CT molecular complexity index is 473. The molecule has 0 amide bonds. The van der Waals surface area contributed by atoms with Crippen LogP contribution in [0.3, 0.4) is 0 Å². The maximum atomic E-state index is 6.03. The van der Waals surface area contributed by atoms with Crippen molar-refractivity contribution in [1.29, 1.82) is 0 Å². The Labute approximate surface area is 113 Å². The maximum absolute atomic E-state index is 6.03. The molecule has 0 aliphatic heterocycles. The van der Waals surface area contributed by atoms with Gasteiger partial charge in [-0.05, 0) is 25.1 Å². The van der Waals surface area contributed by atoms with E-state index in [2.05, 4.69) is 9.97 Å². The number of aromatic nitrogens is 2. The van der Waals surface area contributed by atoms with Crippen LogP contribution in [0.4, 0.5) is 0 Å². The average Bonchev–Trinajstić information content (AvgIpc) is 2.73. The summed E-state index contributed by atoms with van der Waals surface area (Å²) >= 11 is 9.16. The molecule has 0 aliphatic carbocycles. The van der Waals surface area contributed by atoms with Crippen molar-refractivity contribution in [3.8, 4) is 0 Å². The highest BCUT2D eigenvalue weighted by Crippen LogP contribution is 2.40. The Balaban J connectivity index is 2.19. The van der Waals surface area contributed by atoms with Crippen LogP contribution in [0.25, 0.3) is 0 Å². The number of thiophene rings is 1. The van der Waals surface area contributed by atoms with Crippen molar-refractivity contribution >= 4 is 34.7 Å². The van der Waals surface area contributed by atoms with Crippen LogP contribution in [0.2, 0.25) is 4.34 Å². The first-order chi connectivity index (χ1) is 8.16. The van der Waals surface area contributed by atoms with Crippen molar-refractivity contribution in [2.24, 2.45) is 5.73 Å². The molecule has 90 valence electrons. The average molecular weight is 286 g/mol. The van der Waals surface area contributed by atoms with Gasteiger partial charge in [-0.25, -0.2) is 9.97 Å². The van der Waals surface area contributed by atoms with Crippen LogP contribution in [0.15, 0.2) is 35.7 Å². The number of rotatable bonds is 4. The van der Waals surface area contributed by atoms with E-state index in [1.54, 1.807) is 35.6 Å². The van der Waals surface area contributed by atoms with Gasteiger partial charge in [0.2, 0.25) is 0 Å². The minimum absolute atomic E-state index is 0.0321. The summed E-state index contributed by atoms with van der Waals surface area (Å²) in [5, 5.41) is 1.09. The van der Waals surface area contributed by atoms with E-state index >= 15 is 0 Å². The first-order valence-corrected chi connectivity index (χ1v) is 7.17. The Morgan fingerprint density at radius 2 is 2.24 bits per heavy atom. The molecule has 0 bridgehead atoms. The minimum atomic E-state index is 0.0321. The second kappa shape index (κ2) is 5.82. The lowest BCUT2D eigenvalue weighted by molar-refractivity contribution is 0.728. The van der Waals surface area contributed by atoms with Crippen molar-refractivity contribution in [1.82, 2.24) is 9.97 Å². The molecule has 2 aromatic heterocycles. The molecule has 2 aromatic rings. The molecule has 0 fully saturated rings. The molecule has 17 heavy (non-hydrogen) atoms. The fraction of sp³-hybridized carbons (Fsp3) is 0.273. The largest absolute Gasteiger partial charge is 0.327 e. The molecule has 6 heteroatoms. The first-order valence-electron chi connectivity index (χ1n) is 5.10. The summed E-state index contributed by atoms with van der Waals surface area (Å²) in [6, 6.07) is 5.84. The van der Waals surface area contributed by atoms with Gasteiger partial charge in [0.25, 0.3) is 0 Å². The molecule has 3 nitrogen and oxygen atoms in total. The molecule has 0 aromatic carbocycles. The molecular weight excluding hydrogens is 274 g/mol. The van der Waals surface area contributed by atoms with Gasteiger partial charge < -0.3 is 5.73 Å². The van der Waals surface area contributed by atoms with Gasteiger partial charge in [0, 0.05) is 17.1 Å². The van der Waals surface area contributed by atoms with E-state index in [-0.39, 0.29) is 11.3 Å². The lowest BCUT2D eigenvalue weighted by atomic mass is 10.2. The molecule has 0 saturated heterocycles. The van der Waals surface area contributed by atoms with Gasteiger partial charge in [-0.3, -0.25) is 0 Å². The standard InChI is InChI=1S/C11H12ClN3S2/c1-7(13)11(8-2-3-9(12)16-8)17-10-4-5-14-6-15-10/h2-7,11H,13H2,1H3. The highest BCUT2D eigenvalue weighted by atomic mass is 35.5. The third-order valence-corrected chi connectivity index (χ3v) is 5.04. The van der Waals surface area contributed by atoms with E-state index in [0.717, 1.165) is 9.36 Å². The van der Waals surface area contributed by atoms with Crippen LogP contribution in [-0.4, -0.2) is 16.0 Å². The number of nitrogens with two attached hydrogens (primary N) is 1. The molecule has 0 aliphatic rings. The fourth-order valence-corrected chi connectivity index (χ4v) is 3.75. The zero-order chi connectivity index (χ0) is 12.3. The second-order valence-corrected chi connectivity index (χ2v) is 6.50. The number of halogens is 1. The van der Waals surface area contributed by atoms with Crippen LogP contribution in [0.1, 0.15) is 17.1 Å². The van der Waals surface area contributed by atoms with Crippen molar-refractivity contribution in [2.75, 3.05) is 0 Å². The quantitative estimate of drug-likeness (QED) is 0.691. The molecular formula is C11H12ClN3S2. The minimum Gasteiger partial charge on any atom is -0.327 e. The van der Waals surface area contributed by atoms with Crippen LogP contribution >= 0.6 is 34.7 Å². The predicted molar refractivity (Wildman–Crippen MR) is 73.6 cm³/mol. The van der Waals surface area contributed by atoms with Crippen molar-refractivity contribution in [3.05, 3.63) is 39.9 Å².